The van der Waals surface area contributed by atoms with Gasteiger partial charge in [-0.2, -0.15) is 0 Å². The van der Waals surface area contributed by atoms with Crippen LogP contribution in [0.5, 0.6) is 0 Å². The van der Waals surface area contributed by atoms with Crippen LogP contribution in [0.3, 0.4) is 0 Å². The van der Waals surface area contributed by atoms with E-state index in [-0.39, 0.29) is 24.3 Å². The average Bonchev–Trinajstić information content (AvgIpc) is 2.31. The van der Waals surface area contributed by atoms with E-state index in [4.69, 9.17) is 0 Å². The molecule has 5 heteroatoms. The van der Waals surface area contributed by atoms with Crippen molar-refractivity contribution in [3.8, 4) is 0 Å². The average molecular weight is 250 g/mol. The zero-order chi connectivity index (χ0) is 13.3. The first-order chi connectivity index (χ1) is 8.49. The number of amides is 2. The fourth-order valence-corrected chi connectivity index (χ4v) is 1.98. The Labute approximate surface area is 105 Å². The Hall–Kier alpha value is -1.91. The van der Waals surface area contributed by atoms with Crippen molar-refractivity contribution >= 4 is 17.5 Å². The number of halogens is 1. The molecule has 1 N–H and O–H groups in total. The standard InChI is InChI=1S/C13H15FN2O2/c1-8(2)12-13(18)16(7-11(17)15-12)10-5-3-4-9(14)6-10/h3-6,8,12H,7H2,1-2H3,(H,15,17). The fraction of sp³-hybridized carbons (Fsp3) is 0.385. The Bertz CT molecular complexity index is 488. The second-order valence-corrected chi connectivity index (χ2v) is 4.69. The number of carbonyl (C=O) groups is 2. The van der Waals surface area contributed by atoms with Crippen LogP contribution < -0.4 is 10.2 Å². The highest BCUT2D eigenvalue weighted by Gasteiger charge is 2.35. The molecular formula is C13H15FN2O2. The lowest BCUT2D eigenvalue weighted by atomic mass is 10.0. The van der Waals surface area contributed by atoms with Gasteiger partial charge in [0.25, 0.3) is 0 Å². The Morgan fingerprint density at radius 3 is 2.72 bits per heavy atom. The molecule has 0 saturated carbocycles. The molecule has 1 atom stereocenters. The lowest BCUT2D eigenvalue weighted by molar-refractivity contribution is -0.132. The lowest BCUT2D eigenvalue weighted by Gasteiger charge is -2.34. The van der Waals surface area contributed by atoms with Crippen LogP contribution in [-0.2, 0) is 9.59 Å². The van der Waals surface area contributed by atoms with E-state index in [1.807, 2.05) is 13.8 Å². The quantitative estimate of drug-likeness (QED) is 0.860. The maximum absolute atomic E-state index is 13.2. The molecule has 0 aliphatic carbocycles. The number of benzene rings is 1. The normalized spacial score (nSPS) is 20.2. The summed E-state index contributed by atoms with van der Waals surface area (Å²) in [6, 6.07) is 5.16. The Balaban J connectivity index is 2.32. The first-order valence-electron chi connectivity index (χ1n) is 5.85. The van der Waals surface area contributed by atoms with Crippen LogP contribution in [0.15, 0.2) is 24.3 Å². The third kappa shape index (κ3) is 2.34. The number of anilines is 1. The van der Waals surface area contributed by atoms with E-state index in [0.29, 0.717) is 5.69 Å². The largest absolute Gasteiger partial charge is 0.342 e. The zero-order valence-electron chi connectivity index (χ0n) is 10.3. The van der Waals surface area contributed by atoms with E-state index in [1.54, 1.807) is 6.07 Å². The topological polar surface area (TPSA) is 49.4 Å². The van der Waals surface area contributed by atoms with Crippen molar-refractivity contribution in [2.75, 3.05) is 11.4 Å². The molecule has 1 saturated heterocycles. The number of carbonyl (C=O) groups excluding carboxylic acids is 2. The first-order valence-corrected chi connectivity index (χ1v) is 5.85. The van der Waals surface area contributed by atoms with Gasteiger partial charge in [-0.25, -0.2) is 4.39 Å². The van der Waals surface area contributed by atoms with Crippen LogP contribution in [-0.4, -0.2) is 24.4 Å². The van der Waals surface area contributed by atoms with Gasteiger partial charge in [0.05, 0.1) is 0 Å². The highest BCUT2D eigenvalue weighted by atomic mass is 19.1. The molecule has 1 aliphatic rings. The van der Waals surface area contributed by atoms with E-state index < -0.39 is 11.9 Å². The molecule has 0 radical (unpaired) electrons. The molecular weight excluding hydrogens is 235 g/mol. The molecule has 1 heterocycles. The van der Waals surface area contributed by atoms with Gasteiger partial charge >= 0.3 is 0 Å². The second-order valence-electron chi connectivity index (χ2n) is 4.69. The molecule has 2 amide bonds. The van der Waals surface area contributed by atoms with Crippen molar-refractivity contribution in [2.45, 2.75) is 19.9 Å². The third-order valence-electron chi connectivity index (χ3n) is 2.94. The molecule has 2 rings (SSSR count). The molecule has 0 spiro atoms. The number of nitrogens with zero attached hydrogens (tertiary/aromatic N) is 1. The van der Waals surface area contributed by atoms with Crippen molar-refractivity contribution in [2.24, 2.45) is 5.92 Å². The summed E-state index contributed by atoms with van der Waals surface area (Å²) in [5.41, 5.74) is 0.417. The molecule has 0 aromatic heterocycles. The van der Waals surface area contributed by atoms with Crippen LogP contribution in [0.25, 0.3) is 0 Å². The molecule has 1 aliphatic heterocycles. The van der Waals surface area contributed by atoms with Gasteiger partial charge in [-0.05, 0) is 24.1 Å². The predicted molar refractivity (Wildman–Crippen MR) is 65.5 cm³/mol. The Morgan fingerprint density at radius 2 is 2.11 bits per heavy atom. The Morgan fingerprint density at radius 1 is 1.39 bits per heavy atom. The maximum Gasteiger partial charge on any atom is 0.250 e. The summed E-state index contributed by atoms with van der Waals surface area (Å²) in [7, 11) is 0. The summed E-state index contributed by atoms with van der Waals surface area (Å²) in [6.45, 7) is 3.65. The van der Waals surface area contributed by atoms with Crippen LogP contribution in [0.1, 0.15) is 13.8 Å². The molecule has 1 fully saturated rings. The number of hydrogen-bond donors (Lipinski definition) is 1. The van der Waals surface area contributed by atoms with Gasteiger partial charge in [0, 0.05) is 5.69 Å². The van der Waals surface area contributed by atoms with E-state index in [0.717, 1.165) is 0 Å². The molecule has 0 bridgehead atoms. The zero-order valence-corrected chi connectivity index (χ0v) is 10.3. The van der Waals surface area contributed by atoms with Crippen molar-refractivity contribution < 1.29 is 14.0 Å². The smallest absolute Gasteiger partial charge is 0.250 e. The minimum Gasteiger partial charge on any atom is -0.342 e. The van der Waals surface area contributed by atoms with Gasteiger partial charge in [-0.1, -0.05) is 19.9 Å². The second kappa shape index (κ2) is 4.76. The van der Waals surface area contributed by atoms with Gasteiger partial charge in [0.2, 0.25) is 11.8 Å². The molecule has 4 nitrogen and oxygen atoms in total. The van der Waals surface area contributed by atoms with Crippen LogP contribution in [0.2, 0.25) is 0 Å². The number of hydrogen-bond acceptors (Lipinski definition) is 2. The monoisotopic (exact) mass is 250 g/mol. The summed E-state index contributed by atoms with van der Waals surface area (Å²) in [4.78, 5) is 25.1. The van der Waals surface area contributed by atoms with Gasteiger partial charge in [-0.3, -0.25) is 9.59 Å². The van der Waals surface area contributed by atoms with Gasteiger partial charge in [-0.15, -0.1) is 0 Å². The van der Waals surface area contributed by atoms with Crippen molar-refractivity contribution in [1.82, 2.24) is 5.32 Å². The summed E-state index contributed by atoms with van der Waals surface area (Å²) in [6.07, 6.45) is 0. The van der Waals surface area contributed by atoms with Crippen molar-refractivity contribution in [3.63, 3.8) is 0 Å². The van der Waals surface area contributed by atoms with Crippen LogP contribution in [0.4, 0.5) is 10.1 Å². The van der Waals surface area contributed by atoms with Crippen LogP contribution in [0, 0.1) is 11.7 Å². The predicted octanol–water partition coefficient (Wildman–Crippen LogP) is 1.31. The van der Waals surface area contributed by atoms with E-state index in [2.05, 4.69) is 5.32 Å². The molecule has 1 aromatic rings. The molecule has 96 valence electrons. The van der Waals surface area contributed by atoms with Gasteiger partial charge in [0.1, 0.15) is 18.4 Å². The third-order valence-corrected chi connectivity index (χ3v) is 2.94. The van der Waals surface area contributed by atoms with Crippen LogP contribution >= 0.6 is 0 Å². The molecule has 1 unspecified atom stereocenters. The molecule has 1 aromatic carbocycles. The van der Waals surface area contributed by atoms with Gasteiger partial charge in [0.15, 0.2) is 0 Å². The lowest BCUT2D eigenvalue weighted by Crippen LogP contribution is -2.60. The SMILES string of the molecule is CC(C)C1NC(=O)CN(c2cccc(F)c2)C1=O. The van der Waals surface area contributed by atoms with E-state index in [1.165, 1.54) is 23.1 Å². The highest BCUT2D eigenvalue weighted by Crippen LogP contribution is 2.20. The van der Waals surface area contributed by atoms with Gasteiger partial charge < -0.3 is 10.2 Å². The minimum absolute atomic E-state index is 0.00203. The maximum atomic E-state index is 13.2. The summed E-state index contributed by atoms with van der Waals surface area (Å²) >= 11 is 0. The number of piperazine rings is 1. The van der Waals surface area contributed by atoms with E-state index >= 15 is 0 Å². The summed E-state index contributed by atoms with van der Waals surface area (Å²) < 4.78 is 13.2. The number of nitrogens with one attached hydrogen (secondary N) is 1. The molecule has 18 heavy (non-hydrogen) atoms. The van der Waals surface area contributed by atoms with Crippen molar-refractivity contribution in [3.05, 3.63) is 30.1 Å². The van der Waals surface area contributed by atoms with E-state index in [9.17, 15) is 14.0 Å². The van der Waals surface area contributed by atoms with Crippen molar-refractivity contribution in [1.29, 1.82) is 0 Å². The highest BCUT2D eigenvalue weighted by molar-refractivity contribution is 6.06. The first kappa shape index (κ1) is 12.5. The number of rotatable bonds is 2. The Kier molecular flexibility index (Phi) is 3.32. The fourth-order valence-electron chi connectivity index (χ4n) is 1.98. The summed E-state index contributed by atoms with van der Waals surface area (Å²) in [5.74, 6) is -0.849. The summed E-state index contributed by atoms with van der Waals surface area (Å²) in [5, 5.41) is 2.66. The minimum atomic E-state index is -0.547.